The lowest BCUT2D eigenvalue weighted by Gasteiger charge is -1.99. The van der Waals surface area contributed by atoms with Crippen molar-refractivity contribution < 1.29 is 4.79 Å². The van der Waals surface area contributed by atoms with Crippen molar-refractivity contribution in [2.24, 2.45) is 5.10 Å². The normalized spacial score (nSPS) is 16.8. The molecule has 88 valence electrons. The molecule has 2 N–H and O–H groups in total. The van der Waals surface area contributed by atoms with Gasteiger partial charge in [-0.25, -0.2) is 5.43 Å². The molecule has 6 nitrogen and oxygen atoms in total. The van der Waals surface area contributed by atoms with Gasteiger partial charge in [-0.2, -0.15) is 5.10 Å². The summed E-state index contributed by atoms with van der Waals surface area (Å²) in [5, 5.41) is 3.98. The summed E-state index contributed by atoms with van der Waals surface area (Å²) >= 11 is 0. The van der Waals surface area contributed by atoms with Crippen LogP contribution in [0.4, 0.5) is 0 Å². The molecule has 6 heteroatoms. The van der Waals surface area contributed by atoms with E-state index in [9.17, 15) is 4.79 Å². The van der Waals surface area contributed by atoms with Crippen LogP contribution >= 0.6 is 0 Å². The Hall–Kier alpha value is -2.76. The Bertz CT molecular complexity index is 628. The van der Waals surface area contributed by atoms with Crippen LogP contribution in [0.2, 0.25) is 0 Å². The smallest absolute Gasteiger partial charge is 0.273 e. The molecule has 0 aliphatic carbocycles. The Morgan fingerprint density at radius 1 is 1.28 bits per heavy atom. The van der Waals surface area contributed by atoms with E-state index in [0.717, 1.165) is 5.69 Å². The number of hydrazone groups is 1. The van der Waals surface area contributed by atoms with Crippen LogP contribution in [0.3, 0.4) is 0 Å². The molecule has 0 aromatic carbocycles. The van der Waals surface area contributed by atoms with E-state index < -0.39 is 0 Å². The van der Waals surface area contributed by atoms with Crippen molar-refractivity contribution >= 4 is 17.7 Å². The lowest BCUT2D eigenvalue weighted by atomic mass is 10.1. The fourth-order valence-corrected chi connectivity index (χ4v) is 1.67. The number of nitrogens with zero attached hydrogens (tertiary/aromatic N) is 3. The standard InChI is InChI=1S/C12H9N5O/c18-12-9(6-8-2-1-3-14-8)11(16-17-12)10-7-13-4-5-15-10/h1-7,14H,(H,17,18)/b9-6+. The maximum Gasteiger partial charge on any atom is 0.273 e. The first-order chi connectivity index (χ1) is 8.84. The average Bonchev–Trinajstić information content (AvgIpc) is 3.03. The summed E-state index contributed by atoms with van der Waals surface area (Å²) in [7, 11) is 0. The molecule has 0 atom stereocenters. The Morgan fingerprint density at radius 2 is 2.22 bits per heavy atom. The predicted molar refractivity (Wildman–Crippen MR) is 65.5 cm³/mol. The summed E-state index contributed by atoms with van der Waals surface area (Å²) in [6.07, 6.45) is 8.23. The summed E-state index contributed by atoms with van der Waals surface area (Å²) in [6, 6.07) is 3.73. The number of hydrogen-bond donors (Lipinski definition) is 2. The minimum Gasteiger partial charge on any atom is -0.362 e. The fraction of sp³-hybridized carbons (Fsp3) is 0. The molecular formula is C12H9N5O. The number of carbonyl (C=O) groups excluding carboxylic acids is 1. The van der Waals surface area contributed by atoms with Gasteiger partial charge in [0.2, 0.25) is 0 Å². The lowest BCUT2D eigenvalue weighted by molar-refractivity contribution is -0.116. The van der Waals surface area contributed by atoms with Gasteiger partial charge in [-0.15, -0.1) is 0 Å². The second kappa shape index (κ2) is 4.25. The van der Waals surface area contributed by atoms with E-state index in [4.69, 9.17) is 0 Å². The van der Waals surface area contributed by atoms with E-state index >= 15 is 0 Å². The van der Waals surface area contributed by atoms with E-state index in [1.807, 2.05) is 12.1 Å². The highest BCUT2D eigenvalue weighted by molar-refractivity contribution is 6.32. The van der Waals surface area contributed by atoms with Crippen molar-refractivity contribution in [1.29, 1.82) is 0 Å². The SMILES string of the molecule is O=C1NN=C(c2cnccn2)/C1=C\c1ccc[nH]1. The van der Waals surface area contributed by atoms with Crippen LogP contribution in [-0.4, -0.2) is 26.6 Å². The van der Waals surface area contributed by atoms with E-state index in [1.54, 1.807) is 30.9 Å². The van der Waals surface area contributed by atoms with E-state index in [1.165, 1.54) is 0 Å². The molecule has 0 fully saturated rings. The van der Waals surface area contributed by atoms with E-state index in [-0.39, 0.29) is 5.91 Å². The molecule has 3 heterocycles. The van der Waals surface area contributed by atoms with Crippen LogP contribution in [0.15, 0.2) is 47.6 Å². The van der Waals surface area contributed by atoms with Gasteiger partial charge < -0.3 is 4.98 Å². The van der Waals surface area contributed by atoms with Crippen molar-refractivity contribution in [1.82, 2.24) is 20.4 Å². The first-order valence-corrected chi connectivity index (χ1v) is 5.34. The van der Waals surface area contributed by atoms with Crippen LogP contribution < -0.4 is 5.43 Å². The highest BCUT2D eigenvalue weighted by Gasteiger charge is 2.24. The third-order valence-electron chi connectivity index (χ3n) is 2.50. The Labute approximate surface area is 102 Å². The molecule has 0 spiro atoms. The van der Waals surface area contributed by atoms with E-state index in [0.29, 0.717) is 17.0 Å². The number of carbonyl (C=O) groups is 1. The number of nitrogens with one attached hydrogen (secondary N) is 2. The maximum absolute atomic E-state index is 11.7. The Balaban J connectivity index is 2.03. The monoisotopic (exact) mass is 239 g/mol. The molecule has 1 amide bonds. The third kappa shape index (κ3) is 1.80. The van der Waals surface area contributed by atoms with Crippen molar-refractivity contribution in [2.45, 2.75) is 0 Å². The first kappa shape index (κ1) is 10.4. The molecular weight excluding hydrogens is 230 g/mol. The minimum atomic E-state index is -0.245. The van der Waals surface area contributed by atoms with Gasteiger partial charge in [-0.05, 0) is 18.2 Å². The number of aromatic nitrogens is 3. The molecule has 0 unspecified atom stereocenters. The van der Waals surface area contributed by atoms with Crippen LogP contribution in [0, 0.1) is 0 Å². The molecule has 0 radical (unpaired) electrons. The average molecular weight is 239 g/mol. The first-order valence-electron chi connectivity index (χ1n) is 5.34. The lowest BCUT2D eigenvalue weighted by Crippen LogP contribution is -2.14. The van der Waals surface area contributed by atoms with Crippen LogP contribution in [0.5, 0.6) is 0 Å². The van der Waals surface area contributed by atoms with Crippen molar-refractivity contribution in [2.75, 3.05) is 0 Å². The Morgan fingerprint density at radius 3 is 2.94 bits per heavy atom. The third-order valence-corrected chi connectivity index (χ3v) is 2.50. The molecule has 0 saturated carbocycles. The summed E-state index contributed by atoms with van der Waals surface area (Å²) in [6.45, 7) is 0. The Kier molecular flexibility index (Phi) is 2.45. The number of rotatable bonds is 2. The van der Waals surface area contributed by atoms with E-state index in [2.05, 4.69) is 25.5 Å². The quantitative estimate of drug-likeness (QED) is 0.757. The highest BCUT2D eigenvalue weighted by atomic mass is 16.2. The van der Waals surface area contributed by atoms with Crippen LogP contribution in [0.25, 0.3) is 6.08 Å². The predicted octanol–water partition coefficient (Wildman–Crippen LogP) is 0.722. The molecule has 18 heavy (non-hydrogen) atoms. The zero-order valence-electron chi connectivity index (χ0n) is 9.29. The molecule has 2 aromatic rings. The summed E-state index contributed by atoms with van der Waals surface area (Å²) in [5.41, 5.74) is 4.80. The molecule has 1 aliphatic heterocycles. The number of H-pyrrole nitrogens is 1. The molecule has 0 bridgehead atoms. The number of hydrogen-bond acceptors (Lipinski definition) is 4. The van der Waals surface area contributed by atoms with Crippen molar-refractivity contribution in [3.63, 3.8) is 0 Å². The second-order valence-electron chi connectivity index (χ2n) is 3.68. The molecule has 0 saturated heterocycles. The number of aromatic amines is 1. The van der Waals surface area contributed by atoms with Gasteiger partial charge in [0.1, 0.15) is 11.4 Å². The van der Waals surface area contributed by atoms with Crippen molar-refractivity contribution in [3.8, 4) is 0 Å². The van der Waals surface area contributed by atoms with Gasteiger partial charge in [0.15, 0.2) is 0 Å². The highest BCUT2D eigenvalue weighted by Crippen LogP contribution is 2.15. The molecule has 3 rings (SSSR count). The summed E-state index contributed by atoms with van der Waals surface area (Å²) in [5.74, 6) is -0.245. The van der Waals surface area contributed by atoms with Crippen LogP contribution in [0.1, 0.15) is 11.4 Å². The van der Waals surface area contributed by atoms with Crippen molar-refractivity contribution in [3.05, 3.63) is 53.9 Å². The molecule has 2 aromatic heterocycles. The van der Waals surface area contributed by atoms with Gasteiger partial charge in [0.05, 0.1) is 11.8 Å². The molecule has 1 aliphatic rings. The van der Waals surface area contributed by atoms with Gasteiger partial charge in [-0.1, -0.05) is 0 Å². The second-order valence-corrected chi connectivity index (χ2v) is 3.68. The zero-order valence-corrected chi connectivity index (χ0v) is 9.29. The fourth-order valence-electron chi connectivity index (χ4n) is 1.67. The van der Waals surface area contributed by atoms with Gasteiger partial charge in [0, 0.05) is 24.3 Å². The van der Waals surface area contributed by atoms with Crippen LogP contribution in [-0.2, 0) is 4.79 Å². The van der Waals surface area contributed by atoms with Gasteiger partial charge >= 0.3 is 0 Å². The maximum atomic E-state index is 11.7. The topological polar surface area (TPSA) is 83.0 Å². The number of amides is 1. The van der Waals surface area contributed by atoms with Gasteiger partial charge in [-0.3, -0.25) is 14.8 Å². The summed E-state index contributed by atoms with van der Waals surface area (Å²) in [4.78, 5) is 22.8. The largest absolute Gasteiger partial charge is 0.362 e. The summed E-state index contributed by atoms with van der Waals surface area (Å²) < 4.78 is 0. The van der Waals surface area contributed by atoms with Gasteiger partial charge in [0.25, 0.3) is 5.91 Å². The minimum absolute atomic E-state index is 0.245. The zero-order chi connectivity index (χ0) is 12.4.